The van der Waals surface area contributed by atoms with Crippen molar-refractivity contribution in [2.24, 2.45) is 0 Å². The van der Waals surface area contributed by atoms with Gasteiger partial charge in [-0.05, 0) is 13.8 Å². The van der Waals surface area contributed by atoms with Crippen LogP contribution in [0.5, 0.6) is 0 Å². The van der Waals surface area contributed by atoms with Gasteiger partial charge in [0.2, 0.25) is 0 Å². The Kier molecular flexibility index (Phi) is 10.3. The molecule has 0 bridgehead atoms. The molecule has 0 aromatic rings. The summed E-state index contributed by atoms with van der Waals surface area (Å²) in [6.45, 7) is 3.40. The fraction of sp³-hybridized carbons (Fsp3) is 0.500. The molecule has 2 N–H and O–H groups in total. The second kappa shape index (κ2) is 9.05. The van der Waals surface area contributed by atoms with Gasteiger partial charge in [0.1, 0.15) is 6.54 Å². The van der Waals surface area contributed by atoms with Gasteiger partial charge in [-0.25, -0.2) is 4.79 Å². The van der Waals surface area contributed by atoms with Crippen LogP contribution in [0.3, 0.4) is 0 Å². The van der Waals surface area contributed by atoms with Crippen molar-refractivity contribution < 1.29 is 49.0 Å². The summed E-state index contributed by atoms with van der Waals surface area (Å²) in [5.74, 6) is -1.45. The molecule has 0 aliphatic carbocycles. The van der Waals surface area contributed by atoms with Crippen LogP contribution in [-0.2, 0) is 14.3 Å². The molecule has 0 fully saturated rings. The smallest absolute Gasteiger partial charge is 0.480 e. The molecule has 0 aliphatic heterocycles. The number of aliphatic carboxylic acids is 1. The molecule has 0 spiro atoms. The van der Waals surface area contributed by atoms with E-state index in [1.807, 2.05) is 0 Å². The van der Waals surface area contributed by atoms with E-state index in [1.165, 1.54) is 6.08 Å². The standard InChI is InChI=1S/C8H13NO4.Na/c1-3-13-8(12)4-6(2)9-5-7(10)11;/h4,9H,3,5H2,1-2H3,(H,10,11);/q;+1/b6-4+;. The summed E-state index contributed by atoms with van der Waals surface area (Å²) in [5, 5.41) is 10.8. The van der Waals surface area contributed by atoms with Gasteiger partial charge in [0.05, 0.1) is 6.61 Å². The van der Waals surface area contributed by atoms with Gasteiger partial charge in [-0.15, -0.1) is 0 Å². The van der Waals surface area contributed by atoms with E-state index >= 15 is 0 Å². The summed E-state index contributed by atoms with van der Waals surface area (Å²) in [7, 11) is 0. The van der Waals surface area contributed by atoms with Gasteiger partial charge in [-0.1, -0.05) is 0 Å². The largest absolute Gasteiger partial charge is 1.00 e. The summed E-state index contributed by atoms with van der Waals surface area (Å²) in [6.07, 6.45) is 1.21. The summed E-state index contributed by atoms with van der Waals surface area (Å²) in [5.41, 5.74) is 0.473. The van der Waals surface area contributed by atoms with E-state index in [1.54, 1.807) is 13.8 Å². The zero-order valence-electron chi connectivity index (χ0n) is 8.66. The van der Waals surface area contributed by atoms with Crippen molar-refractivity contribution in [3.63, 3.8) is 0 Å². The third-order valence-electron chi connectivity index (χ3n) is 1.14. The Morgan fingerprint density at radius 1 is 1.50 bits per heavy atom. The first kappa shape index (κ1) is 15.9. The summed E-state index contributed by atoms with van der Waals surface area (Å²) >= 11 is 0. The fourth-order valence-electron chi connectivity index (χ4n) is 0.627. The van der Waals surface area contributed by atoms with Crippen molar-refractivity contribution in [2.75, 3.05) is 13.2 Å². The molecular weight excluding hydrogens is 197 g/mol. The maximum Gasteiger partial charge on any atom is 1.00 e. The van der Waals surface area contributed by atoms with Crippen molar-refractivity contribution in [1.82, 2.24) is 5.32 Å². The Hall–Kier alpha value is -0.520. The third-order valence-corrected chi connectivity index (χ3v) is 1.14. The Labute approximate surface area is 105 Å². The topological polar surface area (TPSA) is 75.6 Å². The average molecular weight is 210 g/mol. The Bertz CT molecular complexity index is 227. The van der Waals surface area contributed by atoms with Crippen molar-refractivity contribution in [2.45, 2.75) is 13.8 Å². The Balaban J connectivity index is 0. The maximum absolute atomic E-state index is 10.8. The normalized spacial score (nSPS) is 10.0. The maximum atomic E-state index is 10.8. The molecule has 74 valence electrons. The molecule has 6 heteroatoms. The number of hydrogen-bond acceptors (Lipinski definition) is 4. The monoisotopic (exact) mass is 210 g/mol. The number of allylic oxidation sites excluding steroid dienone is 1. The molecule has 5 nitrogen and oxygen atoms in total. The van der Waals surface area contributed by atoms with Crippen molar-refractivity contribution in [3.8, 4) is 0 Å². The number of hydrogen-bond donors (Lipinski definition) is 2. The summed E-state index contributed by atoms with van der Waals surface area (Å²) < 4.78 is 4.62. The minimum atomic E-state index is -0.975. The van der Waals surface area contributed by atoms with Crippen LogP contribution < -0.4 is 34.9 Å². The number of carboxylic acid groups (broad SMARTS) is 1. The van der Waals surface area contributed by atoms with E-state index in [2.05, 4.69) is 10.1 Å². The quantitative estimate of drug-likeness (QED) is 0.290. The minimum absolute atomic E-state index is 0. The first-order valence-electron chi connectivity index (χ1n) is 3.87. The van der Waals surface area contributed by atoms with Crippen molar-refractivity contribution in [3.05, 3.63) is 11.8 Å². The van der Waals surface area contributed by atoms with E-state index in [-0.39, 0.29) is 36.1 Å². The van der Waals surface area contributed by atoms with Gasteiger partial charge in [-0.2, -0.15) is 0 Å². The van der Waals surface area contributed by atoms with Crippen LogP contribution in [0.15, 0.2) is 11.8 Å². The minimum Gasteiger partial charge on any atom is -0.480 e. The molecule has 0 aromatic carbocycles. The van der Waals surface area contributed by atoms with Gasteiger partial charge < -0.3 is 15.2 Å². The molecule has 0 atom stereocenters. The van der Waals surface area contributed by atoms with Gasteiger partial charge in [0.15, 0.2) is 0 Å². The zero-order valence-corrected chi connectivity index (χ0v) is 10.7. The number of rotatable bonds is 5. The Morgan fingerprint density at radius 2 is 2.07 bits per heavy atom. The van der Waals surface area contributed by atoms with Gasteiger partial charge in [0, 0.05) is 11.8 Å². The first-order chi connectivity index (χ1) is 6.06. The second-order valence-electron chi connectivity index (χ2n) is 2.33. The van der Waals surface area contributed by atoms with E-state index < -0.39 is 11.9 Å². The number of carboxylic acids is 1. The first-order valence-corrected chi connectivity index (χ1v) is 3.87. The molecule has 0 amide bonds. The van der Waals surface area contributed by atoms with Crippen molar-refractivity contribution >= 4 is 11.9 Å². The zero-order chi connectivity index (χ0) is 10.3. The van der Waals surface area contributed by atoms with Gasteiger partial charge in [-0.3, -0.25) is 4.79 Å². The van der Waals surface area contributed by atoms with E-state index in [0.29, 0.717) is 12.3 Å². The van der Waals surface area contributed by atoms with Crippen LogP contribution in [0, 0.1) is 0 Å². The van der Waals surface area contributed by atoms with Gasteiger partial charge in [0.25, 0.3) is 0 Å². The van der Waals surface area contributed by atoms with Crippen molar-refractivity contribution in [1.29, 1.82) is 0 Å². The summed E-state index contributed by atoms with van der Waals surface area (Å²) in [4.78, 5) is 20.9. The number of carbonyl (C=O) groups is 2. The molecule has 0 saturated carbocycles. The number of nitrogens with one attached hydrogen (secondary N) is 1. The molecule has 0 saturated heterocycles. The SMILES string of the molecule is CCOC(=O)/C=C(\C)NCC(=O)O.[Na+]. The number of ether oxygens (including phenoxy) is 1. The predicted molar refractivity (Wildman–Crippen MR) is 46.0 cm³/mol. The van der Waals surface area contributed by atoms with E-state index in [9.17, 15) is 9.59 Å². The molecule has 0 rings (SSSR count). The van der Waals surface area contributed by atoms with Crippen LogP contribution in [-0.4, -0.2) is 30.2 Å². The molecule has 0 aromatic heterocycles. The van der Waals surface area contributed by atoms with E-state index in [4.69, 9.17) is 5.11 Å². The molecule has 14 heavy (non-hydrogen) atoms. The number of esters is 1. The molecular formula is C8H13NNaO4+. The average Bonchev–Trinajstić information content (AvgIpc) is 2.01. The van der Waals surface area contributed by atoms with Crippen LogP contribution in [0.25, 0.3) is 0 Å². The van der Waals surface area contributed by atoms with Crippen LogP contribution in [0.2, 0.25) is 0 Å². The van der Waals surface area contributed by atoms with Crippen LogP contribution in [0.1, 0.15) is 13.8 Å². The molecule has 0 heterocycles. The van der Waals surface area contributed by atoms with Crippen LogP contribution >= 0.6 is 0 Å². The third kappa shape index (κ3) is 9.57. The fourth-order valence-corrected chi connectivity index (χ4v) is 0.627. The van der Waals surface area contributed by atoms with Crippen LogP contribution in [0.4, 0.5) is 0 Å². The number of carbonyl (C=O) groups excluding carboxylic acids is 1. The molecule has 0 aliphatic rings. The Morgan fingerprint density at radius 3 is 2.50 bits per heavy atom. The molecule has 0 radical (unpaired) electrons. The summed E-state index contributed by atoms with van der Waals surface area (Å²) in [6, 6.07) is 0. The predicted octanol–water partition coefficient (Wildman–Crippen LogP) is -2.87. The van der Waals surface area contributed by atoms with Gasteiger partial charge >= 0.3 is 41.5 Å². The molecule has 0 unspecified atom stereocenters. The second-order valence-corrected chi connectivity index (χ2v) is 2.33. The van der Waals surface area contributed by atoms with E-state index in [0.717, 1.165) is 0 Å².